The zero-order valence-electron chi connectivity index (χ0n) is 11.9. The Morgan fingerprint density at radius 1 is 1.40 bits per heavy atom. The van der Waals surface area contributed by atoms with E-state index in [4.69, 9.17) is 0 Å². The van der Waals surface area contributed by atoms with Crippen molar-refractivity contribution in [3.05, 3.63) is 5.01 Å². The maximum atomic E-state index is 11.8. The van der Waals surface area contributed by atoms with Crippen LogP contribution in [0, 0.1) is 5.92 Å². The first-order valence-electron chi connectivity index (χ1n) is 7.11. The Bertz CT molecular complexity index is 407. The van der Waals surface area contributed by atoms with E-state index in [2.05, 4.69) is 27.8 Å². The minimum Gasteiger partial charge on any atom is -0.317 e. The third kappa shape index (κ3) is 5.73. The van der Waals surface area contributed by atoms with Crippen molar-refractivity contribution >= 4 is 34.8 Å². The molecule has 0 saturated carbocycles. The van der Waals surface area contributed by atoms with Crippen LogP contribution in [0.4, 0.5) is 5.13 Å². The molecule has 0 spiro atoms. The first-order valence-corrected chi connectivity index (χ1v) is 7.92. The molecule has 0 atom stereocenters. The topological polar surface area (TPSA) is 66.9 Å². The van der Waals surface area contributed by atoms with Crippen LogP contribution in [0.2, 0.25) is 0 Å². The zero-order valence-corrected chi connectivity index (χ0v) is 13.5. The summed E-state index contributed by atoms with van der Waals surface area (Å²) in [6.07, 6.45) is 5.93. The molecule has 1 aromatic rings. The van der Waals surface area contributed by atoms with E-state index in [1.807, 2.05) is 0 Å². The Hall–Kier alpha value is -0.720. The molecule has 0 unspecified atom stereocenters. The Kier molecular flexibility index (Phi) is 8.02. The Morgan fingerprint density at radius 3 is 2.85 bits per heavy atom. The van der Waals surface area contributed by atoms with Gasteiger partial charge in [-0.3, -0.25) is 4.79 Å². The third-order valence-corrected chi connectivity index (χ3v) is 4.31. The second kappa shape index (κ2) is 9.26. The highest BCUT2D eigenvalue weighted by molar-refractivity contribution is 7.15. The van der Waals surface area contributed by atoms with Gasteiger partial charge in [-0.2, -0.15) is 0 Å². The highest BCUT2D eigenvalue weighted by Gasteiger charge is 2.15. The van der Waals surface area contributed by atoms with Crippen molar-refractivity contribution in [1.29, 1.82) is 0 Å². The summed E-state index contributed by atoms with van der Waals surface area (Å²) < 4.78 is 0. The van der Waals surface area contributed by atoms with Crippen molar-refractivity contribution in [1.82, 2.24) is 15.5 Å². The van der Waals surface area contributed by atoms with Crippen molar-refractivity contribution in [2.75, 3.05) is 18.4 Å². The first-order chi connectivity index (χ1) is 9.28. The van der Waals surface area contributed by atoms with Crippen molar-refractivity contribution < 1.29 is 4.79 Å². The summed E-state index contributed by atoms with van der Waals surface area (Å²) in [6.45, 7) is 4.28. The van der Waals surface area contributed by atoms with Crippen LogP contribution < -0.4 is 10.6 Å². The number of hydrogen-bond donors (Lipinski definition) is 2. The molecule has 0 bridgehead atoms. The maximum absolute atomic E-state index is 11.8. The lowest BCUT2D eigenvalue weighted by Crippen LogP contribution is -2.28. The van der Waals surface area contributed by atoms with Gasteiger partial charge in [-0.15, -0.1) is 22.6 Å². The lowest BCUT2D eigenvalue weighted by molar-refractivity contribution is -0.116. The number of aryl methyl sites for hydroxylation is 1. The number of halogens is 1. The number of anilines is 1. The summed E-state index contributed by atoms with van der Waals surface area (Å²) in [5.41, 5.74) is 0. The Morgan fingerprint density at radius 2 is 2.15 bits per heavy atom. The molecule has 7 heteroatoms. The van der Waals surface area contributed by atoms with Crippen LogP contribution in [-0.2, 0) is 11.2 Å². The van der Waals surface area contributed by atoms with Crippen LogP contribution in [0.25, 0.3) is 0 Å². The van der Waals surface area contributed by atoms with Crippen LogP contribution in [0.5, 0.6) is 0 Å². The molecule has 1 aromatic heterocycles. The van der Waals surface area contributed by atoms with Gasteiger partial charge in [0.15, 0.2) is 0 Å². The number of carbonyl (C=O) groups is 1. The largest absolute Gasteiger partial charge is 0.317 e. The second-order valence-corrected chi connectivity index (χ2v) is 6.09. The molecular formula is C13H23ClN4OS. The number of amides is 1. The average Bonchev–Trinajstić information content (AvgIpc) is 2.85. The van der Waals surface area contributed by atoms with Crippen molar-refractivity contribution in [3.8, 4) is 0 Å². The quantitative estimate of drug-likeness (QED) is 0.846. The molecule has 1 saturated heterocycles. The predicted octanol–water partition coefficient (Wildman–Crippen LogP) is 2.63. The second-order valence-electron chi connectivity index (χ2n) is 5.03. The van der Waals surface area contributed by atoms with E-state index in [1.165, 1.54) is 24.2 Å². The van der Waals surface area contributed by atoms with E-state index in [0.29, 0.717) is 17.5 Å². The van der Waals surface area contributed by atoms with E-state index in [9.17, 15) is 4.79 Å². The summed E-state index contributed by atoms with van der Waals surface area (Å²) in [4.78, 5) is 11.8. The molecule has 114 valence electrons. The number of piperidine rings is 1. The highest BCUT2D eigenvalue weighted by Crippen LogP contribution is 2.20. The number of carbonyl (C=O) groups excluding carboxylic acids is 1. The molecule has 1 amide bonds. The van der Waals surface area contributed by atoms with Gasteiger partial charge in [0.2, 0.25) is 11.0 Å². The Balaban J connectivity index is 0.00000200. The molecule has 2 N–H and O–H groups in total. The summed E-state index contributed by atoms with van der Waals surface area (Å²) in [5, 5.41) is 15.9. The summed E-state index contributed by atoms with van der Waals surface area (Å²) in [5.74, 6) is 0.759. The van der Waals surface area contributed by atoms with E-state index < -0.39 is 0 Å². The van der Waals surface area contributed by atoms with Gasteiger partial charge in [-0.05, 0) is 44.7 Å². The molecule has 1 aliphatic rings. The van der Waals surface area contributed by atoms with E-state index in [-0.39, 0.29) is 18.3 Å². The van der Waals surface area contributed by atoms with Gasteiger partial charge >= 0.3 is 0 Å². The normalized spacial score (nSPS) is 15.7. The Labute approximate surface area is 130 Å². The number of hydrogen-bond acceptors (Lipinski definition) is 5. The number of rotatable bonds is 6. The molecule has 0 aliphatic carbocycles. The molecule has 20 heavy (non-hydrogen) atoms. The van der Waals surface area contributed by atoms with E-state index in [1.54, 1.807) is 0 Å². The fourth-order valence-electron chi connectivity index (χ4n) is 2.31. The minimum atomic E-state index is 0. The van der Waals surface area contributed by atoms with Gasteiger partial charge in [0, 0.05) is 12.8 Å². The van der Waals surface area contributed by atoms with Crippen molar-refractivity contribution in [3.63, 3.8) is 0 Å². The molecule has 1 aliphatic heterocycles. The zero-order chi connectivity index (χ0) is 13.5. The van der Waals surface area contributed by atoms with Gasteiger partial charge in [-0.25, -0.2) is 0 Å². The first kappa shape index (κ1) is 17.3. The fraction of sp³-hybridized carbons (Fsp3) is 0.769. The monoisotopic (exact) mass is 318 g/mol. The molecule has 2 heterocycles. The van der Waals surface area contributed by atoms with E-state index in [0.717, 1.165) is 37.4 Å². The van der Waals surface area contributed by atoms with Gasteiger partial charge in [0.05, 0.1) is 0 Å². The lowest BCUT2D eigenvalue weighted by Gasteiger charge is -2.21. The van der Waals surface area contributed by atoms with Crippen LogP contribution in [-0.4, -0.2) is 29.2 Å². The SMILES string of the molecule is CCCc1nnc(NC(=O)CCC2CCNCC2)s1.Cl. The molecule has 0 aromatic carbocycles. The van der Waals surface area contributed by atoms with Crippen LogP contribution in [0.15, 0.2) is 0 Å². The minimum absolute atomic E-state index is 0. The molecule has 5 nitrogen and oxygen atoms in total. The number of nitrogens with zero attached hydrogens (tertiary/aromatic N) is 2. The van der Waals surface area contributed by atoms with Gasteiger partial charge in [-0.1, -0.05) is 18.3 Å². The molecule has 1 fully saturated rings. The average molecular weight is 319 g/mol. The summed E-state index contributed by atoms with van der Waals surface area (Å²) in [7, 11) is 0. The number of nitrogens with one attached hydrogen (secondary N) is 2. The standard InChI is InChI=1S/C13H22N4OS.ClH/c1-2-3-12-16-17-13(19-12)15-11(18)5-4-10-6-8-14-9-7-10;/h10,14H,2-9H2,1H3,(H,15,17,18);1H. The molecule has 2 rings (SSSR count). The van der Waals surface area contributed by atoms with Crippen LogP contribution in [0.1, 0.15) is 44.0 Å². The molecule has 0 radical (unpaired) electrons. The number of aromatic nitrogens is 2. The van der Waals surface area contributed by atoms with Crippen LogP contribution in [0.3, 0.4) is 0 Å². The van der Waals surface area contributed by atoms with Gasteiger partial charge in [0.1, 0.15) is 5.01 Å². The van der Waals surface area contributed by atoms with Crippen molar-refractivity contribution in [2.45, 2.75) is 45.4 Å². The molecular weight excluding hydrogens is 296 g/mol. The highest BCUT2D eigenvalue weighted by atomic mass is 35.5. The third-order valence-electron chi connectivity index (χ3n) is 3.42. The smallest absolute Gasteiger partial charge is 0.226 e. The maximum Gasteiger partial charge on any atom is 0.226 e. The predicted molar refractivity (Wildman–Crippen MR) is 84.6 cm³/mol. The van der Waals surface area contributed by atoms with Crippen LogP contribution >= 0.6 is 23.7 Å². The van der Waals surface area contributed by atoms with E-state index >= 15 is 0 Å². The summed E-state index contributed by atoms with van der Waals surface area (Å²) in [6, 6.07) is 0. The van der Waals surface area contributed by atoms with Crippen molar-refractivity contribution in [2.24, 2.45) is 5.92 Å². The fourth-order valence-corrected chi connectivity index (χ4v) is 3.16. The van der Waals surface area contributed by atoms with Gasteiger partial charge < -0.3 is 10.6 Å². The van der Waals surface area contributed by atoms with Gasteiger partial charge in [0.25, 0.3) is 0 Å². The summed E-state index contributed by atoms with van der Waals surface area (Å²) >= 11 is 1.48. The lowest BCUT2D eigenvalue weighted by atomic mass is 9.93.